The van der Waals surface area contributed by atoms with Gasteiger partial charge in [-0.05, 0) is 63.1 Å². The summed E-state index contributed by atoms with van der Waals surface area (Å²) in [6.07, 6.45) is -1.45. The summed E-state index contributed by atoms with van der Waals surface area (Å²) in [6, 6.07) is 8.26. The first-order chi connectivity index (χ1) is 18.8. The van der Waals surface area contributed by atoms with Gasteiger partial charge in [-0.25, -0.2) is 9.78 Å². The average molecular weight is 572 g/mol. The fourth-order valence-corrected chi connectivity index (χ4v) is 5.13. The van der Waals surface area contributed by atoms with E-state index in [1.165, 1.54) is 25.1 Å². The number of pyridine rings is 1. The highest BCUT2D eigenvalue weighted by atomic mass is 19.4. The number of likely N-dealkylation sites (tertiary alicyclic amines) is 1. The lowest BCUT2D eigenvalue weighted by atomic mass is 10.1. The Morgan fingerprint density at radius 1 is 1.05 bits per heavy atom. The number of carbonyl (C=O) groups is 2. The summed E-state index contributed by atoms with van der Waals surface area (Å²) in [5, 5.41) is 9.58. The molecule has 0 bridgehead atoms. The Morgan fingerprint density at radius 2 is 1.77 bits per heavy atom. The van der Waals surface area contributed by atoms with Crippen molar-refractivity contribution in [3.8, 4) is 0 Å². The number of carbonyl (C=O) groups excluding carboxylic acids is 1. The van der Waals surface area contributed by atoms with Gasteiger partial charge in [-0.2, -0.15) is 26.3 Å². The van der Waals surface area contributed by atoms with Crippen molar-refractivity contribution in [2.45, 2.75) is 50.6 Å². The lowest BCUT2D eigenvalue weighted by molar-refractivity contribution is -0.192. The Bertz CT molecular complexity index is 1370. The van der Waals surface area contributed by atoms with Gasteiger partial charge in [0, 0.05) is 49.5 Å². The number of benzene rings is 1. The third kappa shape index (κ3) is 6.49. The van der Waals surface area contributed by atoms with E-state index < -0.39 is 29.8 Å². The molecule has 0 saturated carbocycles. The number of rotatable bonds is 4. The molecule has 8 nitrogen and oxygen atoms in total. The molecule has 0 spiro atoms. The first-order valence-corrected chi connectivity index (χ1v) is 12.5. The SMILES string of the molecule is CC1CCCN1C1CCN(c2ccc(NC(=O)c3cccn4ccnc34)c(C(F)(F)F)c2)C1.O=C(O)C(F)(F)F. The van der Waals surface area contributed by atoms with Crippen LogP contribution < -0.4 is 10.2 Å². The minimum Gasteiger partial charge on any atom is -0.475 e. The smallest absolute Gasteiger partial charge is 0.475 e. The molecular formula is C26H27F6N5O3. The summed E-state index contributed by atoms with van der Waals surface area (Å²) < 4.78 is 75.2. The van der Waals surface area contributed by atoms with Gasteiger partial charge < -0.3 is 19.7 Å². The monoisotopic (exact) mass is 571 g/mol. The van der Waals surface area contributed by atoms with Crippen LogP contribution in [0.2, 0.25) is 0 Å². The van der Waals surface area contributed by atoms with Crippen molar-refractivity contribution in [3.05, 3.63) is 60.0 Å². The van der Waals surface area contributed by atoms with Gasteiger partial charge in [0.05, 0.1) is 16.8 Å². The lowest BCUT2D eigenvalue weighted by Gasteiger charge is -2.29. The van der Waals surface area contributed by atoms with E-state index in [4.69, 9.17) is 9.90 Å². The summed E-state index contributed by atoms with van der Waals surface area (Å²) in [6.45, 7) is 4.72. The second kappa shape index (κ2) is 11.4. The third-order valence-corrected chi connectivity index (χ3v) is 7.06. The number of carboxylic acids is 1. The van der Waals surface area contributed by atoms with Gasteiger partial charge in [0.25, 0.3) is 5.91 Å². The van der Waals surface area contributed by atoms with Gasteiger partial charge in [-0.3, -0.25) is 9.69 Å². The zero-order valence-corrected chi connectivity index (χ0v) is 21.3. The summed E-state index contributed by atoms with van der Waals surface area (Å²) >= 11 is 0. The van der Waals surface area contributed by atoms with Crippen molar-refractivity contribution in [1.29, 1.82) is 0 Å². The van der Waals surface area contributed by atoms with E-state index in [1.807, 2.05) is 4.90 Å². The molecule has 0 radical (unpaired) electrons. The van der Waals surface area contributed by atoms with E-state index in [1.54, 1.807) is 35.0 Å². The molecule has 2 aromatic heterocycles. The molecule has 40 heavy (non-hydrogen) atoms. The third-order valence-electron chi connectivity index (χ3n) is 7.06. The highest BCUT2D eigenvalue weighted by molar-refractivity contribution is 6.08. The van der Waals surface area contributed by atoms with Crippen molar-refractivity contribution in [3.63, 3.8) is 0 Å². The molecule has 2 N–H and O–H groups in total. The Hall–Kier alpha value is -3.81. The van der Waals surface area contributed by atoms with E-state index >= 15 is 0 Å². The van der Waals surface area contributed by atoms with Crippen LogP contribution in [0.3, 0.4) is 0 Å². The van der Waals surface area contributed by atoms with Gasteiger partial charge in [0.2, 0.25) is 0 Å². The normalized spacial score (nSPS) is 19.9. The predicted octanol–water partition coefficient (Wildman–Crippen LogP) is 5.30. The maximum Gasteiger partial charge on any atom is 0.490 e. The molecule has 3 aromatic rings. The van der Waals surface area contributed by atoms with Crippen molar-refractivity contribution in [1.82, 2.24) is 14.3 Å². The molecule has 2 aliphatic rings. The van der Waals surface area contributed by atoms with Crippen LogP contribution in [-0.2, 0) is 11.0 Å². The van der Waals surface area contributed by atoms with Gasteiger partial charge in [-0.1, -0.05) is 0 Å². The number of nitrogens with zero attached hydrogens (tertiary/aromatic N) is 4. The van der Waals surface area contributed by atoms with Crippen LogP contribution in [0.4, 0.5) is 37.7 Å². The molecule has 1 amide bonds. The fraction of sp³-hybridized carbons (Fsp3) is 0.423. The van der Waals surface area contributed by atoms with E-state index in [2.05, 4.69) is 22.1 Å². The number of anilines is 2. The van der Waals surface area contributed by atoms with Gasteiger partial charge in [-0.15, -0.1) is 0 Å². The van der Waals surface area contributed by atoms with Crippen LogP contribution in [0.1, 0.15) is 42.1 Å². The number of alkyl halides is 6. The van der Waals surface area contributed by atoms with Crippen LogP contribution in [0.5, 0.6) is 0 Å². The summed E-state index contributed by atoms with van der Waals surface area (Å²) in [5.74, 6) is -3.39. The molecule has 216 valence electrons. The number of hydrogen-bond donors (Lipinski definition) is 2. The highest BCUT2D eigenvalue weighted by Gasteiger charge is 2.38. The van der Waals surface area contributed by atoms with Crippen LogP contribution >= 0.6 is 0 Å². The van der Waals surface area contributed by atoms with Crippen molar-refractivity contribution >= 4 is 28.9 Å². The number of amides is 1. The van der Waals surface area contributed by atoms with Gasteiger partial charge in [0.15, 0.2) is 0 Å². The molecular weight excluding hydrogens is 544 g/mol. The van der Waals surface area contributed by atoms with E-state index in [9.17, 15) is 31.1 Å². The number of nitrogens with one attached hydrogen (secondary N) is 1. The molecule has 4 heterocycles. The zero-order valence-electron chi connectivity index (χ0n) is 21.3. The largest absolute Gasteiger partial charge is 0.490 e. The molecule has 2 fully saturated rings. The quantitative estimate of drug-likeness (QED) is 0.413. The molecule has 2 atom stereocenters. The molecule has 1 aromatic carbocycles. The fourth-order valence-electron chi connectivity index (χ4n) is 5.13. The summed E-state index contributed by atoms with van der Waals surface area (Å²) in [7, 11) is 0. The maximum atomic E-state index is 14.0. The highest BCUT2D eigenvalue weighted by Crippen LogP contribution is 2.39. The summed E-state index contributed by atoms with van der Waals surface area (Å²) in [5.41, 5.74) is 0.0293. The van der Waals surface area contributed by atoms with Crippen molar-refractivity contribution in [2.75, 3.05) is 29.9 Å². The number of halogens is 6. The number of carboxylic acid groups (broad SMARTS) is 1. The van der Waals surface area contributed by atoms with E-state index in [0.717, 1.165) is 32.1 Å². The average Bonchev–Trinajstić information content (AvgIpc) is 3.63. The lowest BCUT2D eigenvalue weighted by Crippen LogP contribution is -2.39. The first-order valence-electron chi connectivity index (χ1n) is 12.5. The molecule has 14 heteroatoms. The van der Waals surface area contributed by atoms with Gasteiger partial charge in [0.1, 0.15) is 5.65 Å². The second-order valence-corrected chi connectivity index (χ2v) is 9.68. The maximum absolute atomic E-state index is 14.0. The van der Waals surface area contributed by atoms with E-state index in [0.29, 0.717) is 23.4 Å². The molecule has 2 saturated heterocycles. The van der Waals surface area contributed by atoms with Crippen molar-refractivity contribution < 1.29 is 41.0 Å². The number of aliphatic carboxylic acids is 1. The van der Waals surface area contributed by atoms with Crippen LogP contribution in [0.25, 0.3) is 5.65 Å². The predicted molar refractivity (Wildman–Crippen MR) is 134 cm³/mol. The Labute approximate surface area is 225 Å². The van der Waals surface area contributed by atoms with E-state index in [-0.39, 0.29) is 11.3 Å². The Morgan fingerprint density at radius 3 is 2.40 bits per heavy atom. The molecule has 5 rings (SSSR count). The number of imidazole rings is 1. The first kappa shape index (κ1) is 29.2. The van der Waals surface area contributed by atoms with Crippen LogP contribution in [0, 0.1) is 0 Å². The minimum atomic E-state index is -5.08. The summed E-state index contributed by atoms with van der Waals surface area (Å²) in [4.78, 5) is 30.3. The topological polar surface area (TPSA) is 90.2 Å². The molecule has 0 aliphatic carbocycles. The minimum absolute atomic E-state index is 0.210. The second-order valence-electron chi connectivity index (χ2n) is 9.68. The Balaban J connectivity index is 0.000000470. The van der Waals surface area contributed by atoms with Crippen LogP contribution in [-0.4, -0.2) is 69.2 Å². The Kier molecular flexibility index (Phi) is 8.28. The number of fused-ring (bicyclic) bond motifs is 1. The zero-order chi connectivity index (χ0) is 29.2. The molecule has 2 unspecified atom stereocenters. The number of aromatic nitrogens is 2. The standard InChI is InChI=1S/C24H26F3N5O.C2HF3O2/c1-16-4-2-11-32(16)18-8-12-31(15-18)17-6-7-21(20(14-17)24(25,26)27)29-23(33)19-5-3-10-30-13-9-28-22(19)30;3-2(4,5)1(6)7/h3,5-7,9-10,13-14,16,18H,2,4,8,11-12,15H2,1H3,(H,29,33);(H,6,7). The number of hydrogen-bond acceptors (Lipinski definition) is 5. The van der Waals surface area contributed by atoms with Gasteiger partial charge >= 0.3 is 18.3 Å². The molecule has 2 aliphatic heterocycles. The van der Waals surface area contributed by atoms with Crippen LogP contribution in [0.15, 0.2) is 48.9 Å². The van der Waals surface area contributed by atoms with Crippen molar-refractivity contribution in [2.24, 2.45) is 0 Å².